The van der Waals surface area contributed by atoms with Gasteiger partial charge in [0.25, 0.3) is 0 Å². The molecule has 0 fully saturated rings. The zero-order chi connectivity index (χ0) is 10.6. The molecule has 0 aromatic rings. The largest absolute Gasteiger partial charge is 0.300 e. The third-order valence-electron chi connectivity index (χ3n) is 3.42. The van der Waals surface area contributed by atoms with Crippen LogP contribution in [0.4, 0.5) is 0 Å². The van der Waals surface area contributed by atoms with E-state index in [9.17, 15) is 4.79 Å². The van der Waals surface area contributed by atoms with E-state index in [0.29, 0.717) is 5.78 Å². The first-order chi connectivity index (χ1) is 6.63. The van der Waals surface area contributed by atoms with Crippen LogP contribution in [0, 0.1) is 11.8 Å². The minimum atomic E-state index is 0.317. The maximum absolute atomic E-state index is 10.8. The van der Waals surface area contributed by atoms with Crippen molar-refractivity contribution in [3.63, 3.8) is 0 Å². The van der Waals surface area contributed by atoms with E-state index >= 15 is 0 Å². The number of Topliss-reactive ketones (excluding diaryl/α,β-unsaturated/α-hetero) is 1. The van der Waals surface area contributed by atoms with Gasteiger partial charge in [0.05, 0.1) is 0 Å². The van der Waals surface area contributed by atoms with E-state index < -0.39 is 0 Å². The van der Waals surface area contributed by atoms with Crippen molar-refractivity contribution in [2.75, 3.05) is 0 Å². The van der Waals surface area contributed by atoms with Gasteiger partial charge in [-0.15, -0.1) is 0 Å². The molecular weight excluding hydrogens is 172 g/mol. The van der Waals surface area contributed by atoms with Crippen LogP contribution >= 0.6 is 0 Å². The van der Waals surface area contributed by atoms with Crippen molar-refractivity contribution < 1.29 is 4.79 Å². The standard InChI is InChI=1S/C13H22O/c1-4-10(2)13-8-7-12(9-13)6-5-11(3)14/h9-10,13H,4-8H2,1-3H3. The van der Waals surface area contributed by atoms with E-state index in [1.54, 1.807) is 6.92 Å². The highest BCUT2D eigenvalue weighted by Gasteiger charge is 2.19. The van der Waals surface area contributed by atoms with Crippen molar-refractivity contribution in [3.8, 4) is 0 Å². The number of allylic oxidation sites excluding steroid dienone is 2. The first kappa shape index (κ1) is 11.5. The Bertz CT molecular complexity index is 227. The Hall–Kier alpha value is -0.590. The van der Waals surface area contributed by atoms with Gasteiger partial charge in [-0.1, -0.05) is 31.9 Å². The summed E-state index contributed by atoms with van der Waals surface area (Å²) in [5.74, 6) is 1.91. The van der Waals surface area contributed by atoms with Gasteiger partial charge in [0, 0.05) is 6.42 Å². The van der Waals surface area contributed by atoms with Gasteiger partial charge in [0.2, 0.25) is 0 Å². The second-order valence-corrected chi connectivity index (χ2v) is 4.61. The predicted octanol–water partition coefficient (Wildman–Crippen LogP) is 3.74. The molecule has 14 heavy (non-hydrogen) atoms. The van der Waals surface area contributed by atoms with Crippen LogP contribution in [-0.4, -0.2) is 5.78 Å². The molecule has 1 rings (SSSR count). The molecule has 0 aliphatic heterocycles. The van der Waals surface area contributed by atoms with E-state index in [0.717, 1.165) is 24.7 Å². The normalized spacial score (nSPS) is 23.4. The van der Waals surface area contributed by atoms with Crippen LogP contribution in [0.1, 0.15) is 52.9 Å². The SMILES string of the molecule is CCC(C)C1C=C(CCC(C)=O)CC1. The van der Waals surface area contributed by atoms with Crippen LogP contribution < -0.4 is 0 Å². The van der Waals surface area contributed by atoms with Gasteiger partial charge in [-0.25, -0.2) is 0 Å². The van der Waals surface area contributed by atoms with E-state index in [1.807, 2.05) is 0 Å². The average Bonchev–Trinajstić information content (AvgIpc) is 2.62. The molecule has 1 aliphatic rings. The van der Waals surface area contributed by atoms with Gasteiger partial charge in [0.1, 0.15) is 5.78 Å². The molecule has 0 amide bonds. The van der Waals surface area contributed by atoms with Gasteiger partial charge in [-0.05, 0) is 38.0 Å². The van der Waals surface area contributed by atoms with Crippen LogP contribution in [0.3, 0.4) is 0 Å². The van der Waals surface area contributed by atoms with Gasteiger partial charge in [-0.3, -0.25) is 0 Å². The van der Waals surface area contributed by atoms with Crippen molar-refractivity contribution >= 4 is 5.78 Å². The summed E-state index contributed by atoms with van der Waals surface area (Å²) in [5, 5.41) is 0. The van der Waals surface area contributed by atoms with Crippen LogP contribution in [-0.2, 0) is 4.79 Å². The summed E-state index contributed by atoms with van der Waals surface area (Å²) in [6, 6.07) is 0. The fourth-order valence-corrected chi connectivity index (χ4v) is 2.12. The third-order valence-corrected chi connectivity index (χ3v) is 3.42. The molecule has 2 unspecified atom stereocenters. The Balaban J connectivity index is 2.38. The predicted molar refractivity (Wildman–Crippen MR) is 60.2 cm³/mol. The highest BCUT2D eigenvalue weighted by atomic mass is 16.1. The Kier molecular flexibility index (Phi) is 4.37. The summed E-state index contributed by atoms with van der Waals surface area (Å²) in [5.41, 5.74) is 1.52. The zero-order valence-electron chi connectivity index (χ0n) is 9.68. The molecule has 0 radical (unpaired) electrons. The lowest BCUT2D eigenvalue weighted by Crippen LogP contribution is -2.04. The number of ketones is 1. The Labute approximate surface area is 87.6 Å². The third kappa shape index (κ3) is 3.28. The molecule has 0 saturated heterocycles. The summed E-state index contributed by atoms with van der Waals surface area (Å²) in [6.07, 6.45) is 7.96. The quantitative estimate of drug-likeness (QED) is 0.609. The molecule has 0 saturated carbocycles. The first-order valence-corrected chi connectivity index (χ1v) is 5.82. The number of hydrogen-bond donors (Lipinski definition) is 0. The monoisotopic (exact) mass is 194 g/mol. The lowest BCUT2D eigenvalue weighted by atomic mass is 9.92. The minimum absolute atomic E-state index is 0.317. The highest BCUT2D eigenvalue weighted by molar-refractivity contribution is 5.75. The Morgan fingerprint density at radius 2 is 2.36 bits per heavy atom. The fraction of sp³-hybridized carbons (Fsp3) is 0.769. The molecule has 0 heterocycles. The lowest BCUT2D eigenvalue weighted by molar-refractivity contribution is -0.116. The van der Waals surface area contributed by atoms with Crippen molar-refractivity contribution in [2.45, 2.75) is 52.9 Å². The molecule has 1 heteroatoms. The molecule has 0 aromatic heterocycles. The van der Waals surface area contributed by atoms with E-state index in [-0.39, 0.29) is 0 Å². The van der Waals surface area contributed by atoms with Gasteiger partial charge >= 0.3 is 0 Å². The zero-order valence-corrected chi connectivity index (χ0v) is 9.68. The second kappa shape index (κ2) is 5.33. The second-order valence-electron chi connectivity index (χ2n) is 4.61. The molecule has 1 aliphatic carbocycles. The van der Waals surface area contributed by atoms with Gasteiger partial charge in [-0.2, -0.15) is 0 Å². The molecule has 80 valence electrons. The van der Waals surface area contributed by atoms with Crippen LogP contribution in [0.25, 0.3) is 0 Å². The molecule has 1 nitrogen and oxygen atoms in total. The first-order valence-electron chi connectivity index (χ1n) is 5.82. The summed E-state index contributed by atoms with van der Waals surface area (Å²) in [7, 11) is 0. The Morgan fingerprint density at radius 3 is 2.93 bits per heavy atom. The molecule has 2 atom stereocenters. The number of hydrogen-bond acceptors (Lipinski definition) is 1. The molecule has 0 N–H and O–H groups in total. The summed E-state index contributed by atoms with van der Waals surface area (Å²) in [6.45, 7) is 6.27. The van der Waals surface area contributed by atoms with Crippen LogP contribution in [0.15, 0.2) is 11.6 Å². The topological polar surface area (TPSA) is 17.1 Å². The minimum Gasteiger partial charge on any atom is -0.300 e. The van der Waals surface area contributed by atoms with E-state index in [1.165, 1.54) is 24.8 Å². The van der Waals surface area contributed by atoms with Crippen molar-refractivity contribution in [2.24, 2.45) is 11.8 Å². The highest BCUT2D eigenvalue weighted by Crippen LogP contribution is 2.33. The Morgan fingerprint density at radius 1 is 1.64 bits per heavy atom. The molecular formula is C13H22O. The van der Waals surface area contributed by atoms with Gasteiger partial charge in [0.15, 0.2) is 0 Å². The number of rotatable bonds is 5. The summed E-state index contributed by atoms with van der Waals surface area (Å²) in [4.78, 5) is 10.8. The van der Waals surface area contributed by atoms with Crippen molar-refractivity contribution in [1.29, 1.82) is 0 Å². The number of carbonyl (C=O) groups is 1. The van der Waals surface area contributed by atoms with Gasteiger partial charge < -0.3 is 4.79 Å². The summed E-state index contributed by atoms with van der Waals surface area (Å²) >= 11 is 0. The maximum Gasteiger partial charge on any atom is 0.130 e. The van der Waals surface area contributed by atoms with Crippen LogP contribution in [0.2, 0.25) is 0 Å². The fourth-order valence-electron chi connectivity index (χ4n) is 2.12. The van der Waals surface area contributed by atoms with E-state index in [2.05, 4.69) is 19.9 Å². The van der Waals surface area contributed by atoms with E-state index in [4.69, 9.17) is 0 Å². The maximum atomic E-state index is 10.8. The average molecular weight is 194 g/mol. The molecule has 0 bridgehead atoms. The number of carbonyl (C=O) groups excluding carboxylic acids is 1. The summed E-state index contributed by atoms with van der Waals surface area (Å²) < 4.78 is 0. The lowest BCUT2D eigenvalue weighted by Gasteiger charge is -2.14. The smallest absolute Gasteiger partial charge is 0.130 e. The molecule has 0 spiro atoms. The van der Waals surface area contributed by atoms with Crippen molar-refractivity contribution in [3.05, 3.63) is 11.6 Å². The molecule has 0 aromatic carbocycles. The van der Waals surface area contributed by atoms with Crippen LogP contribution in [0.5, 0.6) is 0 Å². The van der Waals surface area contributed by atoms with Crippen molar-refractivity contribution in [1.82, 2.24) is 0 Å².